The average molecular weight is 216 g/mol. The van der Waals surface area contributed by atoms with Gasteiger partial charge in [0, 0.05) is 12.0 Å². The molecule has 0 radical (unpaired) electrons. The molecule has 1 aliphatic heterocycles. The number of fused-ring (bicyclic) bond motifs is 4. The van der Waals surface area contributed by atoms with E-state index in [0.717, 1.165) is 12.0 Å². The molecule has 1 aromatic carbocycles. The minimum atomic E-state index is -0.572. The van der Waals surface area contributed by atoms with Crippen molar-refractivity contribution in [3.8, 4) is 5.75 Å². The van der Waals surface area contributed by atoms with Gasteiger partial charge in [-0.2, -0.15) is 0 Å². The molecule has 2 atom stereocenters. The van der Waals surface area contributed by atoms with Crippen molar-refractivity contribution >= 4 is 11.6 Å². The van der Waals surface area contributed by atoms with Crippen molar-refractivity contribution in [3.63, 3.8) is 0 Å². The molecule has 2 bridgehead atoms. The summed E-state index contributed by atoms with van der Waals surface area (Å²) in [5.41, 5.74) is 0.746. The summed E-state index contributed by atoms with van der Waals surface area (Å²) in [5.74, 6) is 0.120. The Morgan fingerprint density at radius 3 is 2.88 bits per heavy atom. The van der Waals surface area contributed by atoms with Gasteiger partial charge in [-0.05, 0) is 18.9 Å². The lowest BCUT2D eigenvalue weighted by Gasteiger charge is -2.27. The quantitative estimate of drug-likeness (QED) is 0.621. The van der Waals surface area contributed by atoms with Gasteiger partial charge < -0.3 is 4.74 Å². The Kier molecular flexibility index (Phi) is 2.06. The predicted octanol–water partition coefficient (Wildman–Crippen LogP) is 1.85. The molecule has 0 saturated heterocycles. The van der Waals surface area contributed by atoms with Gasteiger partial charge in [0.25, 0.3) is 0 Å². The van der Waals surface area contributed by atoms with Gasteiger partial charge in [0.1, 0.15) is 17.5 Å². The minimum absolute atomic E-state index is 0.0447. The Hall–Kier alpha value is -1.64. The van der Waals surface area contributed by atoms with Crippen LogP contribution in [0.25, 0.3) is 0 Å². The second kappa shape index (κ2) is 3.44. The number of hydrogen-bond donors (Lipinski definition) is 0. The molecule has 0 unspecified atom stereocenters. The van der Waals surface area contributed by atoms with Gasteiger partial charge >= 0.3 is 0 Å². The maximum Gasteiger partial charge on any atom is 0.188 e. The smallest absolute Gasteiger partial charge is 0.188 e. The van der Waals surface area contributed by atoms with Crippen LogP contribution in [0.2, 0.25) is 0 Å². The number of ether oxygens (including phenoxy) is 1. The number of carbonyl (C=O) groups is 2. The van der Waals surface area contributed by atoms with Gasteiger partial charge in [0.15, 0.2) is 11.9 Å². The summed E-state index contributed by atoms with van der Waals surface area (Å²) in [4.78, 5) is 24.0. The Bertz CT molecular complexity index is 464. The van der Waals surface area contributed by atoms with E-state index in [1.165, 1.54) is 0 Å². The van der Waals surface area contributed by atoms with Gasteiger partial charge in [0.2, 0.25) is 0 Å². The molecule has 1 heterocycles. The highest BCUT2D eigenvalue weighted by molar-refractivity contribution is 6.11. The lowest BCUT2D eigenvalue weighted by atomic mass is 9.86. The number of para-hydroxylation sites is 1. The van der Waals surface area contributed by atoms with Crippen molar-refractivity contribution in [2.45, 2.75) is 31.3 Å². The Morgan fingerprint density at radius 2 is 2.00 bits per heavy atom. The summed E-state index contributed by atoms with van der Waals surface area (Å²) in [6, 6.07) is 7.36. The molecule has 16 heavy (non-hydrogen) atoms. The molecule has 82 valence electrons. The number of rotatable bonds is 0. The first-order valence-corrected chi connectivity index (χ1v) is 5.59. The van der Waals surface area contributed by atoms with Crippen LogP contribution in [0.5, 0.6) is 5.75 Å². The van der Waals surface area contributed by atoms with E-state index < -0.39 is 12.0 Å². The van der Waals surface area contributed by atoms with Crippen molar-refractivity contribution in [3.05, 3.63) is 29.8 Å². The van der Waals surface area contributed by atoms with Crippen molar-refractivity contribution in [1.29, 1.82) is 0 Å². The molecule has 0 aromatic heterocycles. The van der Waals surface area contributed by atoms with E-state index in [0.29, 0.717) is 18.6 Å². The minimum Gasteiger partial charge on any atom is -0.482 e. The lowest BCUT2D eigenvalue weighted by molar-refractivity contribution is -0.133. The highest BCUT2D eigenvalue weighted by atomic mass is 16.5. The molecule has 3 rings (SSSR count). The zero-order valence-corrected chi connectivity index (χ0v) is 8.81. The van der Waals surface area contributed by atoms with Crippen LogP contribution in [-0.4, -0.2) is 17.7 Å². The highest BCUT2D eigenvalue weighted by Gasteiger charge is 2.42. The summed E-state index contributed by atoms with van der Waals surface area (Å²) in [6.07, 6.45) is 1.49. The molecule has 2 aliphatic rings. The first-order valence-electron chi connectivity index (χ1n) is 5.59. The third-order valence-corrected chi connectivity index (χ3v) is 3.31. The Morgan fingerprint density at radius 1 is 1.19 bits per heavy atom. The molecule has 1 aromatic rings. The van der Waals surface area contributed by atoms with Crippen molar-refractivity contribution < 1.29 is 14.3 Å². The molecule has 1 saturated carbocycles. The first kappa shape index (κ1) is 9.58. The fourth-order valence-corrected chi connectivity index (χ4v) is 2.52. The highest BCUT2D eigenvalue weighted by Crippen LogP contribution is 2.38. The zero-order valence-electron chi connectivity index (χ0n) is 8.81. The topological polar surface area (TPSA) is 43.4 Å². The van der Waals surface area contributed by atoms with Gasteiger partial charge in [0.05, 0.1) is 0 Å². The number of carbonyl (C=O) groups excluding carboxylic acids is 2. The molecule has 1 aliphatic carbocycles. The number of ketones is 2. The lowest BCUT2D eigenvalue weighted by Crippen LogP contribution is -2.37. The number of benzene rings is 1. The van der Waals surface area contributed by atoms with E-state index in [9.17, 15) is 9.59 Å². The molecular formula is C13H12O3. The van der Waals surface area contributed by atoms with E-state index >= 15 is 0 Å². The van der Waals surface area contributed by atoms with Gasteiger partial charge in [-0.1, -0.05) is 18.2 Å². The standard InChI is InChI=1S/C13H12O3/c14-9-5-3-7-11-13(15)12(9)8-4-1-2-6-10(8)16-11/h1-2,4,6,11-12H,3,5,7H2/t11-,12+/m1/s1. The van der Waals surface area contributed by atoms with E-state index in [1.807, 2.05) is 24.3 Å². The predicted molar refractivity (Wildman–Crippen MR) is 57.5 cm³/mol. The van der Waals surface area contributed by atoms with Crippen LogP contribution >= 0.6 is 0 Å². The molecule has 3 heteroatoms. The van der Waals surface area contributed by atoms with E-state index in [2.05, 4.69) is 0 Å². The van der Waals surface area contributed by atoms with E-state index in [-0.39, 0.29) is 11.6 Å². The third kappa shape index (κ3) is 1.28. The fourth-order valence-electron chi connectivity index (χ4n) is 2.52. The van der Waals surface area contributed by atoms with E-state index in [1.54, 1.807) is 0 Å². The molecule has 0 amide bonds. The van der Waals surface area contributed by atoms with Crippen LogP contribution < -0.4 is 4.74 Å². The maximum atomic E-state index is 12.1. The van der Waals surface area contributed by atoms with Crippen LogP contribution in [0.4, 0.5) is 0 Å². The summed E-state index contributed by atoms with van der Waals surface area (Å²) in [7, 11) is 0. The largest absolute Gasteiger partial charge is 0.482 e. The van der Waals surface area contributed by atoms with Crippen molar-refractivity contribution in [2.75, 3.05) is 0 Å². The monoisotopic (exact) mass is 216 g/mol. The molecule has 0 spiro atoms. The van der Waals surface area contributed by atoms with Gasteiger partial charge in [-0.25, -0.2) is 0 Å². The van der Waals surface area contributed by atoms with Crippen LogP contribution in [0.15, 0.2) is 24.3 Å². The van der Waals surface area contributed by atoms with Crippen LogP contribution in [-0.2, 0) is 9.59 Å². The summed E-state index contributed by atoms with van der Waals surface area (Å²) in [5, 5.41) is 0. The van der Waals surface area contributed by atoms with Crippen LogP contribution in [0, 0.1) is 0 Å². The number of Topliss-reactive ketones (excluding diaryl/α,β-unsaturated/α-hetero) is 2. The normalized spacial score (nSPS) is 28.0. The zero-order chi connectivity index (χ0) is 11.1. The fraction of sp³-hybridized carbons (Fsp3) is 0.385. The van der Waals surface area contributed by atoms with Crippen LogP contribution in [0.1, 0.15) is 30.7 Å². The first-order chi connectivity index (χ1) is 7.77. The summed E-state index contributed by atoms with van der Waals surface area (Å²) >= 11 is 0. The molecule has 0 N–H and O–H groups in total. The molecule has 3 nitrogen and oxygen atoms in total. The number of hydrogen-bond acceptors (Lipinski definition) is 3. The van der Waals surface area contributed by atoms with Gasteiger partial charge in [-0.15, -0.1) is 0 Å². The Balaban J connectivity index is 2.16. The van der Waals surface area contributed by atoms with Gasteiger partial charge in [-0.3, -0.25) is 9.59 Å². The molecule has 1 fully saturated rings. The average Bonchev–Trinajstić information content (AvgIpc) is 2.38. The Labute approximate surface area is 93.4 Å². The maximum absolute atomic E-state index is 12.1. The van der Waals surface area contributed by atoms with Crippen molar-refractivity contribution in [2.24, 2.45) is 0 Å². The summed E-state index contributed by atoms with van der Waals surface area (Å²) in [6.45, 7) is 0. The SMILES string of the molecule is O=C1CCC[C@H]2Oc3ccccc3[C@@H]1C2=O. The second-order valence-corrected chi connectivity index (χ2v) is 4.34. The summed E-state index contributed by atoms with van der Waals surface area (Å²) < 4.78 is 5.64. The third-order valence-electron chi connectivity index (χ3n) is 3.31. The molecular weight excluding hydrogens is 204 g/mol. The van der Waals surface area contributed by atoms with E-state index in [4.69, 9.17) is 4.74 Å². The van der Waals surface area contributed by atoms with Crippen molar-refractivity contribution in [1.82, 2.24) is 0 Å². The second-order valence-electron chi connectivity index (χ2n) is 4.34. The van der Waals surface area contributed by atoms with Crippen LogP contribution in [0.3, 0.4) is 0 Å².